The van der Waals surface area contributed by atoms with Crippen molar-refractivity contribution < 1.29 is 9.13 Å². The molecular weight excluding hydrogens is 253 g/mol. The van der Waals surface area contributed by atoms with Gasteiger partial charge in [0.2, 0.25) is 0 Å². The minimum atomic E-state index is -0.217. The lowest BCUT2D eigenvalue weighted by atomic mass is 9.94. The van der Waals surface area contributed by atoms with Gasteiger partial charge in [-0.2, -0.15) is 0 Å². The third kappa shape index (κ3) is 3.44. The summed E-state index contributed by atoms with van der Waals surface area (Å²) >= 11 is 6.05. The molecule has 0 bridgehead atoms. The molecule has 1 aliphatic heterocycles. The quantitative estimate of drug-likeness (QED) is 0.889. The minimum Gasteiger partial charge on any atom is -0.381 e. The van der Waals surface area contributed by atoms with E-state index < -0.39 is 0 Å². The topological polar surface area (TPSA) is 21.3 Å². The number of benzene rings is 1. The van der Waals surface area contributed by atoms with Crippen LogP contribution in [0.2, 0.25) is 5.02 Å². The van der Waals surface area contributed by atoms with Crippen LogP contribution in [0.15, 0.2) is 18.2 Å². The maximum atomic E-state index is 13.7. The van der Waals surface area contributed by atoms with Gasteiger partial charge in [-0.25, -0.2) is 4.39 Å². The molecule has 1 saturated heterocycles. The van der Waals surface area contributed by atoms with Gasteiger partial charge in [-0.15, -0.1) is 0 Å². The van der Waals surface area contributed by atoms with E-state index in [4.69, 9.17) is 16.3 Å². The molecule has 2 rings (SSSR count). The standard InChI is InChI=1S/C14H19ClFNO/c1-17-11(7-10-5-6-18-9-10)8-12-13(15)3-2-4-14(12)16/h2-4,10-11,17H,5-9H2,1H3. The van der Waals surface area contributed by atoms with Crippen LogP contribution < -0.4 is 5.32 Å². The maximum absolute atomic E-state index is 13.7. The van der Waals surface area contributed by atoms with Crippen molar-refractivity contribution in [3.8, 4) is 0 Å². The molecule has 1 N–H and O–H groups in total. The van der Waals surface area contributed by atoms with Crippen LogP contribution in [0.4, 0.5) is 4.39 Å². The molecule has 100 valence electrons. The summed E-state index contributed by atoms with van der Waals surface area (Å²) in [6, 6.07) is 5.09. The fourth-order valence-corrected chi connectivity index (χ4v) is 2.69. The summed E-state index contributed by atoms with van der Waals surface area (Å²) in [7, 11) is 1.91. The van der Waals surface area contributed by atoms with Crippen LogP contribution in [-0.2, 0) is 11.2 Å². The Kier molecular flexibility index (Phi) is 4.98. The summed E-state index contributed by atoms with van der Waals surface area (Å²) in [5.74, 6) is 0.360. The molecule has 1 aromatic carbocycles. The molecule has 2 nitrogen and oxygen atoms in total. The van der Waals surface area contributed by atoms with Crippen LogP contribution in [0.5, 0.6) is 0 Å². The van der Waals surface area contributed by atoms with Gasteiger partial charge in [-0.3, -0.25) is 0 Å². The van der Waals surface area contributed by atoms with E-state index in [2.05, 4.69) is 5.32 Å². The lowest BCUT2D eigenvalue weighted by Gasteiger charge is -2.20. The molecule has 1 aliphatic rings. The van der Waals surface area contributed by atoms with Crippen molar-refractivity contribution in [2.24, 2.45) is 5.92 Å². The normalized spacial score (nSPS) is 21.2. The molecule has 0 spiro atoms. The van der Waals surface area contributed by atoms with Crippen LogP contribution >= 0.6 is 11.6 Å². The molecule has 1 aromatic rings. The lowest BCUT2D eigenvalue weighted by Crippen LogP contribution is -2.30. The molecule has 4 heteroatoms. The van der Waals surface area contributed by atoms with E-state index in [0.29, 0.717) is 22.9 Å². The highest BCUT2D eigenvalue weighted by Crippen LogP contribution is 2.24. The number of hydrogen-bond acceptors (Lipinski definition) is 2. The first-order chi connectivity index (χ1) is 8.70. The SMILES string of the molecule is CNC(Cc1c(F)cccc1Cl)CC1CCOC1. The zero-order valence-corrected chi connectivity index (χ0v) is 11.3. The number of halogens is 2. The van der Waals surface area contributed by atoms with Gasteiger partial charge >= 0.3 is 0 Å². The average Bonchev–Trinajstić information content (AvgIpc) is 2.85. The third-order valence-electron chi connectivity index (χ3n) is 3.56. The molecule has 1 fully saturated rings. The molecule has 2 unspecified atom stereocenters. The molecular formula is C14H19ClFNO. The Labute approximate surface area is 112 Å². The second kappa shape index (κ2) is 6.50. The largest absolute Gasteiger partial charge is 0.381 e. The Morgan fingerprint density at radius 2 is 2.39 bits per heavy atom. The third-order valence-corrected chi connectivity index (χ3v) is 3.92. The van der Waals surface area contributed by atoms with E-state index in [9.17, 15) is 4.39 Å². The van der Waals surface area contributed by atoms with Crippen LogP contribution in [0.25, 0.3) is 0 Å². The van der Waals surface area contributed by atoms with Gasteiger partial charge in [0, 0.05) is 29.8 Å². The molecule has 0 aliphatic carbocycles. The van der Waals surface area contributed by atoms with Gasteiger partial charge in [0.1, 0.15) is 5.82 Å². The Balaban J connectivity index is 2.00. The second-order valence-corrected chi connectivity index (χ2v) is 5.26. The van der Waals surface area contributed by atoms with Crippen LogP contribution in [0.3, 0.4) is 0 Å². The van der Waals surface area contributed by atoms with Gasteiger partial charge in [-0.05, 0) is 44.4 Å². The second-order valence-electron chi connectivity index (χ2n) is 4.86. The first kappa shape index (κ1) is 13.8. The fourth-order valence-electron chi connectivity index (χ4n) is 2.45. The number of nitrogens with one attached hydrogen (secondary N) is 1. The van der Waals surface area contributed by atoms with E-state index in [0.717, 1.165) is 26.1 Å². The number of ether oxygens (including phenoxy) is 1. The van der Waals surface area contributed by atoms with Gasteiger partial charge in [-0.1, -0.05) is 17.7 Å². The summed E-state index contributed by atoms with van der Waals surface area (Å²) in [5, 5.41) is 3.76. The zero-order valence-electron chi connectivity index (χ0n) is 10.6. The molecule has 0 radical (unpaired) electrons. The van der Waals surface area contributed by atoms with E-state index in [1.165, 1.54) is 6.07 Å². The van der Waals surface area contributed by atoms with Crippen LogP contribution in [-0.4, -0.2) is 26.3 Å². The molecule has 0 saturated carbocycles. The van der Waals surface area contributed by atoms with Crippen molar-refractivity contribution >= 4 is 11.6 Å². The summed E-state index contributed by atoms with van der Waals surface area (Å²) in [6.45, 7) is 1.67. The Hall–Kier alpha value is -0.640. The summed E-state index contributed by atoms with van der Waals surface area (Å²) in [5.41, 5.74) is 0.609. The molecule has 18 heavy (non-hydrogen) atoms. The number of rotatable bonds is 5. The van der Waals surface area contributed by atoms with Gasteiger partial charge in [0.15, 0.2) is 0 Å². The fraction of sp³-hybridized carbons (Fsp3) is 0.571. The predicted molar refractivity (Wildman–Crippen MR) is 71.5 cm³/mol. The molecule has 0 aromatic heterocycles. The van der Waals surface area contributed by atoms with Gasteiger partial charge in [0.25, 0.3) is 0 Å². The average molecular weight is 272 g/mol. The number of hydrogen-bond donors (Lipinski definition) is 1. The van der Waals surface area contributed by atoms with Crippen LogP contribution in [0.1, 0.15) is 18.4 Å². The Bertz CT molecular complexity index is 373. The number of likely N-dealkylation sites (N-methyl/N-ethyl adjacent to an activating group) is 1. The monoisotopic (exact) mass is 271 g/mol. The highest BCUT2D eigenvalue weighted by molar-refractivity contribution is 6.31. The Morgan fingerprint density at radius 3 is 3.00 bits per heavy atom. The maximum Gasteiger partial charge on any atom is 0.127 e. The lowest BCUT2D eigenvalue weighted by molar-refractivity contribution is 0.181. The molecule has 0 amide bonds. The van der Waals surface area contributed by atoms with E-state index in [1.807, 2.05) is 7.05 Å². The van der Waals surface area contributed by atoms with E-state index in [-0.39, 0.29) is 11.9 Å². The van der Waals surface area contributed by atoms with Gasteiger partial charge in [0.05, 0.1) is 0 Å². The summed E-state index contributed by atoms with van der Waals surface area (Å²) in [4.78, 5) is 0. The first-order valence-electron chi connectivity index (χ1n) is 6.38. The highest BCUT2D eigenvalue weighted by Gasteiger charge is 2.21. The van der Waals surface area contributed by atoms with Crippen molar-refractivity contribution in [1.29, 1.82) is 0 Å². The summed E-state index contributed by atoms with van der Waals surface area (Å²) in [6.07, 6.45) is 2.73. The van der Waals surface area contributed by atoms with Crippen molar-refractivity contribution in [2.75, 3.05) is 20.3 Å². The van der Waals surface area contributed by atoms with Crippen molar-refractivity contribution in [3.05, 3.63) is 34.6 Å². The zero-order chi connectivity index (χ0) is 13.0. The van der Waals surface area contributed by atoms with Crippen molar-refractivity contribution in [3.63, 3.8) is 0 Å². The van der Waals surface area contributed by atoms with Crippen molar-refractivity contribution in [1.82, 2.24) is 5.32 Å². The minimum absolute atomic E-state index is 0.217. The first-order valence-corrected chi connectivity index (χ1v) is 6.76. The molecule has 2 atom stereocenters. The van der Waals surface area contributed by atoms with Crippen molar-refractivity contribution in [2.45, 2.75) is 25.3 Å². The van der Waals surface area contributed by atoms with Gasteiger partial charge < -0.3 is 10.1 Å². The Morgan fingerprint density at radius 1 is 1.56 bits per heavy atom. The predicted octanol–water partition coefficient (Wildman–Crippen LogP) is 3.04. The van der Waals surface area contributed by atoms with Crippen LogP contribution in [0, 0.1) is 11.7 Å². The highest BCUT2D eigenvalue weighted by atomic mass is 35.5. The summed E-state index contributed by atoms with van der Waals surface area (Å²) < 4.78 is 19.1. The van der Waals surface area contributed by atoms with E-state index >= 15 is 0 Å². The molecule has 1 heterocycles. The van der Waals surface area contributed by atoms with E-state index in [1.54, 1.807) is 12.1 Å². The smallest absolute Gasteiger partial charge is 0.127 e.